The van der Waals surface area contributed by atoms with E-state index >= 15 is 0 Å². The summed E-state index contributed by atoms with van der Waals surface area (Å²) >= 11 is 15.2. The summed E-state index contributed by atoms with van der Waals surface area (Å²) in [6.07, 6.45) is -4.42. The van der Waals surface area contributed by atoms with Gasteiger partial charge in [-0.15, -0.1) is 0 Å². The molecule has 0 N–H and O–H groups in total. The maximum atomic E-state index is 13.0. The molecule has 0 heterocycles. The second-order valence-corrected chi connectivity index (χ2v) is 5.87. The number of hydrogen-bond donors (Lipinski definition) is 0. The monoisotopic (exact) mass is 382 g/mol. The molecular formula is C14H8BrCl2F3. The van der Waals surface area contributed by atoms with Gasteiger partial charge in [0.15, 0.2) is 0 Å². The first-order chi connectivity index (χ1) is 9.30. The van der Waals surface area contributed by atoms with Gasteiger partial charge in [-0.2, -0.15) is 13.2 Å². The highest BCUT2D eigenvalue weighted by molar-refractivity contribution is 9.09. The van der Waals surface area contributed by atoms with E-state index in [0.29, 0.717) is 15.6 Å². The van der Waals surface area contributed by atoms with E-state index in [1.807, 2.05) is 0 Å². The maximum absolute atomic E-state index is 13.0. The van der Waals surface area contributed by atoms with Crippen LogP contribution in [0.5, 0.6) is 0 Å². The second kappa shape index (κ2) is 5.96. The molecule has 2 aromatic carbocycles. The molecule has 0 bridgehead atoms. The third-order valence-electron chi connectivity index (χ3n) is 2.77. The van der Waals surface area contributed by atoms with Gasteiger partial charge in [0.1, 0.15) is 0 Å². The van der Waals surface area contributed by atoms with Gasteiger partial charge in [-0.3, -0.25) is 0 Å². The molecule has 0 fully saturated rings. The van der Waals surface area contributed by atoms with E-state index in [2.05, 4.69) is 15.9 Å². The Morgan fingerprint density at radius 1 is 0.950 bits per heavy atom. The number of alkyl halides is 4. The van der Waals surface area contributed by atoms with Crippen LogP contribution in [-0.2, 0) is 6.18 Å². The minimum absolute atomic E-state index is 0.101. The lowest BCUT2D eigenvalue weighted by atomic mass is 9.99. The summed E-state index contributed by atoms with van der Waals surface area (Å²) in [6.45, 7) is 0. The molecule has 0 spiro atoms. The fourth-order valence-corrected chi connectivity index (χ4v) is 3.17. The van der Waals surface area contributed by atoms with Crippen molar-refractivity contribution in [2.45, 2.75) is 11.0 Å². The van der Waals surface area contributed by atoms with Gasteiger partial charge in [0.2, 0.25) is 0 Å². The summed E-state index contributed by atoms with van der Waals surface area (Å²) in [5, 5.41) is 0.770. The van der Waals surface area contributed by atoms with Gasteiger partial charge >= 0.3 is 6.18 Å². The van der Waals surface area contributed by atoms with E-state index in [1.54, 1.807) is 24.3 Å². The van der Waals surface area contributed by atoms with Gasteiger partial charge in [0.05, 0.1) is 10.4 Å². The summed E-state index contributed by atoms with van der Waals surface area (Å²) in [5.41, 5.74) is -0.0991. The molecule has 2 aromatic rings. The van der Waals surface area contributed by atoms with E-state index in [-0.39, 0.29) is 5.56 Å². The smallest absolute Gasteiger partial charge is 0.166 e. The van der Waals surface area contributed by atoms with Crippen LogP contribution in [0.3, 0.4) is 0 Å². The van der Waals surface area contributed by atoms with Crippen molar-refractivity contribution >= 4 is 39.1 Å². The van der Waals surface area contributed by atoms with E-state index in [0.717, 1.165) is 6.07 Å². The number of benzene rings is 2. The molecule has 0 saturated heterocycles. The zero-order valence-corrected chi connectivity index (χ0v) is 13.0. The van der Waals surface area contributed by atoms with Crippen LogP contribution in [0.25, 0.3) is 0 Å². The molecule has 0 aliphatic carbocycles. The summed E-state index contributed by atoms with van der Waals surface area (Å²) in [7, 11) is 0. The second-order valence-electron chi connectivity index (χ2n) is 4.11. The van der Waals surface area contributed by atoms with Crippen LogP contribution in [0.2, 0.25) is 10.0 Å². The Kier molecular flexibility index (Phi) is 4.67. The van der Waals surface area contributed by atoms with Gasteiger partial charge in [-0.05, 0) is 35.4 Å². The zero-order chi connectivity index (χ0) is 14.9. The molecule has 1 unspecified atom stereocenters. The predicted molar refractivity (Wildman–Crippen MR) is 78.7 cm³/mol. The summed E-state index contributed by atoms with van der Waals surface area (Å²) in [4.78, 5) is -0.688. The Hall–Kier alpha value is -0.710. The van der Waals surface area contributed by atoms with Gasteiger partial charge in [-0.1, -0.05) is 57.3 Å². The minimum atomic E-state index is -4.42. The Labute approximate surface area is 132 Å². The first-order valence-corrected chi connectivity index (χ1v) is 7.23. The molecule has 0 aromatic heterocycles. The van der Waals surface area contributed by atoms with Crippen LogP contribution in [-0.4, -0.2) is 0 Å². The Bertz CT molecular complexity index is 626. The van der Waals surface area contributed by atoms with Gasteiger partial charge in [0.25, 0.3) is 0 Å². The highest BCUT2D eigenvalue weighted by Crippen LogP contribution is 2.42. The highest BCUT2D eigenvalue weighted by atomic mass is 79.9. The summed E-state index contributed by atoms with van der Waals surface area (Å²) in [5.74, 6) is 0. The first kappa shape index (κ1) is 15.7. The van der Waals surface area contributed by atoms with Crippen LogP contribution in [0.4, 0.5) is 13.2 Å². The van der Waals surface area contributed by atoms with Crippen molar-refractivity contribution in [2.24, 2.45) is 0 Å². The van der Waals surface area contributed by atoms with Crippen molar-refractivity contribution in [1.82, 2.24) is 0 Å². The fourth-order valence-electron chi connectivity index (χ4n) is 1.85. The quantitative estimate of drug-likeness (QED) is 0.519. The molecule has 6 heteroatoms. The van der Waals surface area contributed by atoms with Crippen LogP contribution >= 0.6 is 39.1 Å². The van der Waals surface area contributed by atoms with Gasteiger partial charge < -0.3 is 0 Å². The predicted octanol–water partition coefficient (Wildman–Crippen LogP) is 6.50. The van der Waals surface area contributed by atoms with Crippen molar-refractivity contribution in [1.29, 1.82) is 0 Å². The Morgan fingerprint density at radius 2 is 1.60 bits per heavy atom. The minimum Gasteiger partial charge on any atom is -0.166 e. The van der Waals surface area contributed by atoms with Gasteiger partial charge in [-0.25, -0.2) is 0 Å². The molecule has 0 nitrogen and oxygen atoms in total. The van der Waals surface area contributed by atoms with Crippen molar-refractivity contribution < 1.29 is 13.2 Å². The van der Waals surface area contributed by atoms with E-state index < -0.39 is 16.6 Å². The maximum Gasteiger partial charge on any atom is 0.416 e. The van der Waals surface area contributed by atoms with Crippen molar-refractivity contribution in [3.05, 3.63) is 69.2 Å². The van der Waals surface area contributed by atoms with Gasteiger partial charge in [0, 0.05) is 10.0 Å². The largest absolute Gasteiger partial charge is 0.416 e. The van der Waals surface area contributed by atoms with Crippen LogP contribution in [0.1, 0.15) is 21.5 Å². The lowest BCUT2D eigenvalue weighted by Crippen LogP contribution is -2.10. The normalized spacial score (nSPS) is 13.3. The molecule has 106 valence electrons. The number of hydrogen-bond acceptors (Lipinski definition) is 0. The molecule has 0 radical (unpaired) electrons. The molecule has 0 aliphatic heterocycles. The van der Waals surface area contributed by atoms with Crippen molar-refractivity contribution in [3.63, 3.8) is 0 Å². The Morgan fingerprint density at radius 3 is 2.25 bits per heavy atom. The zero-order valence-electron chi connectivity index (χ0n) is 9.89. The summed E-state index contributed by atoms with van der Waals surface area (Å²) in [6, 6.07) is 10.1. The lowest BCUT2D eigenvalue weighted by Gasteiger charge is -2.18. The number of rotatable bonds is 2. The molecule has 1 atom stereocenters. The molecule has 2 rings (SSSR count). The van der Waals surface area contributed by atoms with E-state index in [9.17, 15) is 13.2 Å². The molecule has 20 heavy (non-hydrogen) atoms. The molecule has 0 saturated carbocycles. The standard InChI is InChI=1S/C14H8BrCl2F3/c15-13(10-7-8(16)5-6-12(10)17)9-3-1-2-4-11(9)14(18,19)20/h1-7,13H. The lowest BCUT2D eigenvalue weighted by molar-refractivity contribution is -0.138. The van der Waals surface area contributed by atoms with Crippen LogP contribution in [0.15, 0.2) is 42.5 Å². The average Bonchev–Trinajstić information content (AvgIpc) is 2.40. The fraction of sp³-hybridized carbons (Fsp3) is 0.143. The molecule has 0 amide bonds. The third kappa shape index (κ3) is 3.30. The van der Waals surface area contributed by atoms with Crippen LogP contribution in [0, 0.1) is 0 Å². The van der Waals surface area contributed by atoms with Crippen molar-refractivity contribution in [2.75, 3.05) is 0 Å². The third-order valence-corrected chi connectivity index (χ3v) is 4.34. The SMILES string of the molecule is FC(F)(F)c1ccccc1C(Br)c1cc(Cl)ccc1Cl. The molecule has 0 aliphatic rings. The summed E-state index contributed by atoms with van der Waals surface area (Å²) < 4.78 is 39.1. The number of halogens is 6. The van der Waals surface area contributed by atoms with E-state index in [1.165, 1.54) is 12.1 Å². The topological polar surface area (TPSA) is 0 Å². The van der Waals surface area contributed by atoms with Crippen molar-refractivity contribution in [3.8, 4) is 0 Å². The highest BCUT2D eigenvalue weighted by Gasteiger charge is 2.35. The molecular weight excluding hydrogens is 376 g/mol. The average molecular weight is 384 g/mol. The van der Waals surface area contributed by atoms with E-state index in [4.69, 9.17) is 23.2 Å². The first-order valence-electron chi connectivity index (χ1n) is 5.56. The Balaban J connectivity index is 2.54. The van der Waals surface area contributed by atoms with Crippen LogP contribution < -0.4 is 0 Å².